The lowest BCUT2D eigenvalue weighted by Crippen LogP contribution is -2.38. The lowest BCUT2D eigenvalue weighted by atomic mass is 10.2. The summed E-state index contributed by atoms with van der Waals surface area (Å²) in [5.41, 5.74) is 1.48. The topological polar surface area (TPSA) is 85.9 Å². The molecule has 0 aliphatic rings. The van der Waals surface area contributed by atoms with Crippen LogP contribution < -0.4 is 24.8 Å². The Hall–Kier alpha value is -3.22. The highest BCUT2D eigenvalue weighted by Gasteiger charge is 2.11. The minimum Gasteiger partial charge on any atom is -0.493 e. The molecule has 0 bridgehead atoms. The summed E-state index contributed by atoms with van der Waals surface area (Å²) in [6, 6.07) is 12.5. The van der Waals surface area contributed by atoms with Gasteiger partial charge < -0.3 is 24.8 Å². The average Bonchev–Trinajstić information content (AvgIpc) is 2.68. The maximum atomic E-state index is 12.2. The number of benzene rings is 2. The van der Waals surface area contributed by atoms with Gasteiger partial charge in [-0.1, -0.05) is 12.1 Å². The predicted molar refractivity (Wildman–Crippen MR) is 102 cm³/mol. The van der Waals surface area contributed by atoms with Crippen molar-refractivity contribution in [3.05, 3.63) is 53.6 Å². The predicted octanol–water partition coefficient (Wildman–Crippen LogP) is 1.94. The Balaban J connectivity index is 1.72. The molecule has 2 aromatic rings. The van der Waals surface area contributed by atoms with Crippen molar-refractivity contribution in [2.45, 2.75) is 6.92 Å². The van der Waals surface area contributed by atoms with Gasteiger partial charge in [0.25, 0.3) is 5.91 Å². The first kappa shape index (κ1) is 20.1. The molecular weight excluding hydrogens is 348 g/mol. The highest BCUT2D eigenvalue weighted by Crippen LogP contribution is 2.27. The molecule has 2 rings (SSSR count). The Morgan fingerprint density at radius 3 is 2.44 bits per heavy atom. The number of carbonyl (C=O) groups is 2. The first-order valence-electron chi connectivity index (χ1n) is 8.50. The van der Waals surface area contributed by atoms with E-state index in [0.29, 0.717) is 30.2 Å². The van der Waals surface area contributed by atoms with E-state index >= 15 is 0 Å². The van der Waals surface area contributed by atoms with E-state index in [1.807, 2.05) is 31.2 Å². The molecule has 27 heavy (non-hydrogen) atoms. The van der Waals surface area contributed by atoms with E-state index in [1.165, 1.54) is 14.2 Å². The zero-order valence-corrected chi connectivity index (χ0v) is 15.7. The molecule has 144 valence electrons. The zero-order chi connectivity index (χ0) is 19.6. The molecule has 0 aromatic heterocycles. The molecular formula is C20H24N2O5. The van der Waals surface area contributed by atoms with Gasteiger partial charge in [0, 0.05) is 5.56 Å². The van der Waals surface area contributed by atoms with Crippen LogP contribution in [-0.4, -0.2) is 45.7 Å². The smallest absolute Gasteiger partial charge is 0.251 e. The monoisotopic (exact) mass is 372 g/mol. The molecule has 2 N–H and O–H groups in total. The SMILES string of the molecule is COc1ccc(C(=O)NCC(=O)NCCOc2cccc(C)c2)cc1OC. The second kappa shape index (κ2) is 10.1. The van der Waals surface area contributed by atoms with Crippen molar-refractivity contribution in [1.29, 1.82) is 0 Å². The van der Waals surface area contributed by atoms with Gasteiger partial charge in [-0.3, -0.25) is 9.59 Å². The van der Waals surface area contributed by atoms with Crippen LogP contribution in [0.2, 0.25) is 0 Å². The van der Waals surface area contributed by atoms with E-state index in [0.717, 1.165) is 11.3 Å². The van der Waals surface area contributed by atoms with E-state index in [9.17, 15) is 9.59 Å². The van der Waals surface area contributed by atoms with Crippen LogP contribution in [0.1, 0.15) is 15.9 Å². The van der Waals surface area contributed by atoms with Crippen LogP contribution in [0.25, 0.3) is 0 Å². The Kier molecular flexibility index (Phi) is 7.49. The number of nitrogens with one attached hydrogen (secondary N) is 2. The van der Waals surface area contributed by atoms with Gasteiger partial charge in [-0.25, -0.2) is 0 Å². The molecule has 7 nitrogen and oxygen atoms in total. The van der Waals surface area contributed by atoms with Gasteiger partial charge in [-0.15, -0.1) is 0 Å². The number of hydrogen-bond donors (Lipinski definition) is 2. The average molecular weight is 372 g/mol. The first-order chi connectivity index (χ1) is 13.0. The van der Waals surface area contributed by atoms with Gasteiger partial charge in [0.05, 0.1) is 27.3 Å². The summed E-state index contributed by atoms with van der Waals surface area (Å²) in [5.74, 6) is 1.06. The Bertz CT molecular complexity index is 792. The molecule has 0 spiro atoms. The summed E-state index contributed by atoms with van der Waals surface area (Å²) >= 11 is 0. The molecule has 0 heterocycles. The third-order valence-corrected chi connectivity index (χ3v) is 3.74. The van der Waals surface area contributed by atoms with Gasteiger partial charge >= 0.3 is 0 Å². The summed E-state index contributed by atoms with van der Waals surface area (Å²) in [7, 11) is 3.01. The number of methoxy groups -OCH3 is 2. The molecule has 0 radical (unpaired) electrons. The van der Waals surface area contributed by atoms with Crippen molar-refractivity contribution in [3.63, 3.8) is 0 Å². The molecule has 7 heteroatoms. The van der Waals surface area contributed by atoms with Gasteiger partial charge in [0.2, 0.25) is 5.91 Å². The lowest BCUT2D eigenvalue weighted by molar-refractivity contribution is -0.120. The largest absolute Gasteiger partial charge is 0.493 e. The molecule has 0 saturated heterocycles. The second-order valence-corrected chi connectivity index (χ2v) is 5.77. The first-order valence-corrected chi connectivity index (χ1v) is 8.50. The summed E-state index contributed by atoms with van der Waals surface area (Å²) in [6.45, 7) is 2.55. The van der Waals surface area contributed by atoms with Crippen molar-refractivity contribution in [2.24, 2.45) is 0 Å². The lowest BCUT2D eigenvalue weighted by Gasteiger charge is -2.11. The molecule has 0 aliphatic carbocycles. The van der Waals surface area contributed by atoms with Crippen molar-refractivity contribution in [3.8, 4) is 17.2 Å². The molecule has 0 fully saturated rings. The van der Waals surface area contributed by atoms with Gasteiger partial charge in [-0.05, 0) is 42.8 Å². The van der Waals surface area contributed by atoms with Crippen LogP contribution in [0.4, 0.5) is 0 Å². The summed E-state index contributed by atoms with van der Waals surface area (Å²) < 4.78 is 15.8. The second-order valence-electron chi connectivity index (χ2n) is 5.77. The fourth-order valence-electron chi connectivity index (χ4n) is 2.37. The van der Waals surface area contributed by atoms with Crippen molar-refractivity contribution < 1.29 is 23.8 Å². The van der Waals surface area contributed by atoms with Crippen molar-refractivity contribution in [1.82, 2.24) is 10.6 Å². The highest BCUT2D eigenvalue weighted by molar-refractivity contribution is 5.97. The number of rotatable bonds is 9. The fraction of sp³-hybridized carbons (Fsp3) is 0.300. The van der Waals surface area contributed by atoms with E-state index in [4.69, 9.17) is 14.2 Å². The van der Waals surface area contributed by atoms with Gasteiger partial charge in [0.1, 0.15) is 12.4 Å². The summed E-state index contributed by atoms with van der Waals surface area (Å²) in [6.07, 6.45) is 0. The maximum absolute atomic E-state index is 12.2. The van der Waals surface area contributed by atoms with Crippen LogP contribution in [0.15, 0.2) is 42.5 Å². The van der Waals surface area contributed by atoms with Gasteiger partial charge in [0.15, 0.2) is 11.5 Å². The van der Waals surface area contributed by atoms with Crippen LogP contribution >= 0.6 is 0 Å². The van der Waals surface area contributed by atoms with E-state index < -0.39 is 0 Å². The molecule has 0 atom stereocenters. The van der Waals surface area contributed by atoms with Gasteiger partial charge in [-0.2, -0.15) is 0 Å². The number of carbonyl (C=O) groups excluding carboxylic acids is 2. The highest BCUT2D eigenvalue weighted by atomic mass is 16.5. The molecule has 0 unspecified atom stereocenters. The van der Waals surface area contributed by atoms with Crippen molar-refractivity contribution in [2.75, 3.05) is 33.9 Å². The number of ether oxygens (including phenoxy) is 3. The van der Waals surface area contributed by atoms with Crippen LogP contribution in [-0.2, 0) is 4.79 Å². The summed E-state index contributed by atoms with van der Waals surface area (Å²) in [4.78, 5) is 24.0. The zero-order valence-electron chi connectivity index (χ0n) is 15.7. The summed E-state index contributed by atoms with van der Waals surface area (Å²) in [5, 5.41) is 5.26. The van der Waals surface area contributed by atoms with Crippen LogP contribution in [0.5, 0.6) is 17.2 Å². The Morgan fingerprint density at radius 2 is 1.74 bits per heavy atom. The molecule has 0 saturated carbocycles. The molecule has 2 aromatic carbocycles. The normalized spacial score (nSPS) is 10.0. The van der Waals surface area contributed by atoms with E-state index in [1.54, 1.807) is 18.2 Å². The maximum Gasteiger partial charge on any atom is 0.251 e. The third-order valence-electron chi connectivity index (χ3n) is 3.74. The number of hydrogen-bond acceptors (Lipinski definition) is 5. The minimum atomic E-state index is -0.373. The Morgan fingerprint density at radius 1 is 0.963 bits per heavy atom. The molecule has 2 amide bonds. The third kappa shape index (κ3) is 6.22. The minimum absolute atomic E-state index is 0.127. The Labute approximate surface area is 158 Å². The number of aryl methyl sites for hydroxylation is 1. The quantitative estimate of drug-likeness (QED) is 0.657. The standard InChI is InChI=1S/C20H24N2O5/c1-14-5-4-6-16(11-14)27-10-9-21-19(23)13-22-20(24)15-7-8-17(25-2)18(12-15)26-3/h4-8,11-12H,9-10,13H2,1-3H3,(H,21,23)(H,22,24). The van der Waals surface area contributed by atoms with Crippen molar-refractivity contribution >= 4 is 11.8 Å². The van der Waals surface area contributed by atoms with E-state index in [-0.39, 0.29) is 18.4 Å². The van der Waals surface area contributed by atoms with Crippen LogP contribution in [0, 0.1) is 6.92 Å². The fourth-order valence-corrected chi connectivity index (χ4v) is 2.37. The number of amides is 2. The van der Waals surface area contributed by atoms with Crippen LogP contribution in [0.3, 0.4) is 0 Å². The van der Waals surface area contributed by atoms with E-state index in [2.05, 4.69) is 10.6 Å². The molecule has 0 aliphatic heterocycles.